The van der Waals surface area contributed by atoms with Gasteiger partial charge in [0.2, 0.25) is 0 Å². The van der Waals surface area contributed by atoms with Gasteiger partial charge < -0.3 is 14.8 Å². The molecule has 1 N–H and O–H groups in total. The predicted octanol–water partition coefficient (Wildman–Crippen LogP) is 6.15. The first-order chi connectivity index (χ1) is 16.5. The summed E-state index contributed by atoms with van der Waals surface area (Å²) in [6.45, 7) is 2.69. The number of aromatic nitrogens is 1. The molecule has 0 atom stereocenters. The van der Waals surface area contributed by atoms with Gasteiger partial charge in [0.25, 0.3) is 5.91 Å². The first-order valence-corrected chi connectivity index (χ1v) is 12.6. The maximum absolute atomic E-state index is 13.2. The first-order valence-electron chi connectivity index (χ1n) is 11.8. The molecule has 1 amide bonds. The van der Waals surface area contributed by atoms with Gasteiger partial charge in [-0.15, -0.1) is 11.3 Å². The fourth-order valence-corrected chi connectivity index (χ4v) is 5.54. The molecule has 1 fully saturated rings. The molecule has 3 aromatic rings. The number of benzene rings is 2. The minimum atomic E-state index is -0.130. The Bertz CT molecular complexity index is 1140. The number of aryl methyl sites for hydroxylation is 1. The molecule has 0 radical (unpaired) electrons. The standard InChI is InChI=1S/C27H33N3O3S/c1-18-25(34-27(28-18)19-14-15-23(32-3)24(16-19)33-4)26(31)29-22-13-9-8-10-20(22)17-30(2)21-11-6-5-7-12-21/h8-10,13-16,21H,5-7,11-12,17H2,1-4H3,(H,29,31). The quantitative estimate of drug-likeness (QED) is 0.420. The molecule has 1 saturated carbocycles. The number of hydrogen-bond donors (Lipinski definition) is 1. The van der Waals surface area contributed by atoms with Gasteiger partial charge in [0.15, 0.2) is 11.5 Å². The number of rotatable bonds is 8. The van der Waals surface area contributed by atoms with Gasteiger partial charge in [0.1, 0.15) is 9.88 Å². The number of methoxy groups -OCH3 is 2. The second kappa shape index (κ2) is 11.0. The van der Waals surface area contributed by atoms with Crippen LogP contribution in [0.5, 0.6) is 11.5 Å². The van der Waals surface area contributed by atoms with Crippen molar-refractivity contribution >= 4 is 22.9 Å². The molecule has 1 aromatic heterocycles. The van der Waals surface area contributed by atoms with Gasteiger partial charge in [-0.05, 0) is 56.6 Å². The molecule has 6 nitrogen and oxygen atoms in total. The van der Waals surface area contributed by atoms with E-state index in [-0.39, 0.29) is 5.91 Å². The van der Waals surface area contributed by atoms with E-state index in [1.54, 1.807) is 14.2 Å². The third kappa shape index (κ3) is 5.42. The Morgan fingerprint density at radius 1 is 1.09 bits per heavy atom. The monoisotopic (exact) mass is 479 g/mol. The number of nitrogens with one attached hydrogen (secondary N) is 1. The summed E-state index contributed by atoms with van der Waals surface area (Å²) in [5.41, 5.74) is 3.59. The average molecular weight is 480 g/mol. The van der Waals surface area contributed by atoms with Crippen LogP contribution in [0.2, 0.25) is 0 Å². The second-order valence-electron chi connectivity index (χ2n) is 8.82. The van der Waals surface area contributed by atoms with Gasteiger partial charge in [-0.1, -0.05) is 37.5 Å². The van der Waals surface area contributed by atoms with Crippen LogP contribution in [0, 0.1) is 6.92 Å². The Kier molecular flexibility index (Phi) is 7.85. The maximum atomic E-state index is 13.2. The number of anilines is 1. The fourth-order valence-electron chi connectivity index (χ4n) is 4.58. The van der Waals surface area contributed by atoms with Crippen LogP contribution in [0.25, 0.3) is 10.6 Å². The Balaban J connectivity index is 1.51. The van der Waals surface area contributed by atoms with Crippen molar-refractivity contribution in [2.75, 3.05) is 26.6 Å². The van der Waals surface area contributed by atoms with Gasteiger partial charge in [-0.25, -0.2) is 4.98 Å². The summed E-state index contributed by atoms with van der Waals surface area (Å²) in [5, 5.41) is 3.91. The van der Waals surface area contributed by atoms with Crippen LogP contribution >= 0.6 is 11.3 Å². The van der Waals surface area contributed by atoms with Crippen molar-refractivity contribution in [2.24, 2.45) is 0 Å². The van der Waals surface area contributed by atoms with Gasteiger partial charge in [-0.2, -0.15) is 0 Å². The van der Waals surface area contributed by atoms with Gasteiger partial charge in [-0.3, -0.25) is 9.69 Å². The van der Waals surface area contributed by atoms with E-state index in [0.717, 1.165) is 28.4 Å². The molecule has 0 saturated heterocycles. The highest BCUT2D eigenvalue weighted by Gasteiger charge is 2.21. The van der Waals surface area contributed by atoms with Crippen molar-refractivity contribution in [3.05, 3.63) is 58.6 Å². The summed E-state index contributed by atoms with van der Waals surface area (Å²) in [6, 6.07) is 14.4. The van der Waals surface area contributed by atoms with Gasteiger partial charge in [0.05, 0.1) is 19.9 Å². The molecule has 0 bridgehead atoms. The molecule has 4 rings (SSSR count). The zero-order chi connectivity index (χ0) is 24.1. The van der Waals surface area contributed by atoms with Crippen LogP contribution in [0.1, 0.15) is 53.0 Å². The van der Waals surface area contributed by atoms with Crippen molar-refractivity contribution in [3.63, 3.8) is 0 Å². The highest BCUT2D eigenvalue weighted by Crippen LogP contribution is 2.35. The normalized spacial score (nSPS) is 14.3. The van der Waals surface area contributed by atoms with Crippen molar-refractivity contribution in [1.29, 1.82) is 0 Å². The number of nitrogens with zero attached hydrogens (tertiary/aromatic N) is 2. The van der Waals surface area contributed by atoms with E-state index >= 15 is 0 Å². The van der Waals surface area contributed by atoms with Crippen LogP contribution in [0.3, 0.4) is 0 Å². The van der Waals surface area contributed by atoms with E-state index in [9.17, 15) is 4.79 Å². The molecule has 7 heteroatoms. The third-order valence-electron chi connectivity index (χ3n) is 6.52. The number of ether oxygens (including phenoxy) is 2. The summed E-state index contributed by atoms with van der Waals surface area (Å²) in [5.74, 6) is 1.16. The van der Waals surface area contributed by atoms with Crippen molar-refractivity contribution in [3.8, 4) is 22.1 Å². The highest BCUT2D eigenvalue weighted by molar-refractivity contribution is 7.17. The summed E-state index contributed by atoms with van der Waals surface area (Å²) in [6.07, 6.45) is 6.46. The number of carbonyl (C=O) groups excluding carboxylic acids is 1. The number of thiazole rings is 1. The Morgan fingerprint density at radius 2 is 1.82 bits per heavy atom. The summed E-state index contributed by atoms with van der Waals surface area (Å²) < 4.78 is 10.7. The lowest BCUT2D eigenvalue weighted by atomic mass is 9.94. The molecular weight excluding hydrogens is 446 g/mol. The van der Waals surface area contributed by atoms with Crippen molar-refractivity contribution in [2.45, 2.75) is 51.6 Å². The number of para-hydroxylation sites is 1. The van der Waals surface area contributed by atoms with Crippen molar-refractivity contribution < 1.29 is 14.3 Å². The lowest BCUT2D eigenvalue weighted by Crippen LogP contribution is -2.33. The Labute approximate surface area is 205 Å². The summed E-state index contributed by atoms with van der Waals surface area (Å²) >= 11 is 1.39. The molecule has 2 aromatic carbocycles. The van der Waals surface area contributed by atoms with Gasteiger partial charge >= 0.3 is 0 Å². The predicted molar refractivity (Wildman–Crippen MR) is 138 cm³/mol. The smallest absolute Gasteiger partial charge is 0.267 e. The lowest BCUT2D eigenvalue weighted by molar-refractivity contribution is 0.102. The SMILES string of the molecule is COc1ccc(-c2nc(C)c(C(=O)Nc3ccccc3CN(C)C3CCCCC3)s2)cc1OC. The Hall–Kier alpha value is -2.90. The maximum Gasteiger partial charge on any atom is 0.267 e. The number of amides is 1. The second-order valence-corrected chi connectivity index (χ2v) is 9.82. The van der Waals surface area contributed by atoms with Crippen LogP contribution in [-0.4, -0.2) is 43.1 Å². The molecule has 0 unspecified atom stereocenters. The molecule has 1 aliphatic rings. The minimum Gasteiger partial charge on any atom is -0.493 e. The van der Waals surface area contributed by atoms with E-state index in [0.29, 0.717) is 28.1 Å². The number of carbonyl (C=O) groups is 1. The molecule has 34 heavy (non-hydrogen) atoms. The fraction of sp³-hybridized carbons (Fsp3) is 0.407. The lowest BCUT2D eigenvalue weighted by Gasteiger charge is -2.31. The highest BCUT2D eigenvalue weighted by atomic mass is 32.1. The molecule has 0 aliphatic heterocycles. The van der Waals surface area contributed by atoms with E-state index < -0.39 is 0 Å². The van der Waals surface area contributed by atoms with Crippen LogP contribution in [0.4, 0.5) is 5.69 Å². The van der Waals surface area contributed by atoms with E-state index in [4.69, 9.17) is 9.47 Å². The average Bonchev–Trinajstić information content (AvgIpc) is 3.27. The first kappa shape index (κ1) is 24.2. The zero-order valence-corrected chi connectivity index (χ0v) is 21.2. The zero-order valence-electron chi connectivity index (χ0n) is 20.4. The number of hydrogen-bond acceptors (Lipinski definition) is 6. The topological polar surface area (TPSA) is 63.7 Å². The van der Waals surface area contributed by atoms with E-state index in [2.05, 4.69) is 28.3 Å². The molecule has 1 heterocycles. The minimum absolute atomic E-state index is 0.130. The van der Waals surface area contributed by atoms with Crippen LogP contribution in [0.15, 0.2) is 42.5 Å². The van der Waals surface area contributed by atoms with E-state index in [1.807, 2.05) is 43.3 Å². The van der Waals surface area contributed by atoms with Gasteiger partial charge in [0, 0.05) is 23.8 Å². The Morgan fingerprint density at radius 3 is 2.56 bits per heavy atom. The van der Waals surface area contributed by atoms with Crippen molar-refractivity contribution in [1.82, 2.24) is 9.88 Å². The molecule has 1 aliphatic carbocycles. The molecule has 180 valence electrons. The molecular formula is C27H33N3O3S. The third-order valence-corrected chi connectivity index (χ3v) is 7.72. The van der Waals surface area contributed by atoms with E-state index in [1.165, 1.54) is 43.4 Å². The van der Waals surface area contributed by atoms with Crippen LogP contribution in [-0.2, 0) is 6.54 Å². The van der Waals surface area contributed by atoms with Crippen LogP contribution < -0.4 is 14.8 Å². The molecule has 0 spiro atoms. The largest absolute Gasteiger partial charge is 0.493 e. The summed E-state index contributed by atoms with van der Waals surface area (Å²) in [4.78, 5) is 20.9. The summed E-state index contributed by atoms with van der Waals surface area (Å²) in [7, 11) is 5.41.